The van der Waals surface area contributed by atoms with Gasteiger partial charge in [-0.15, -0.1) is 12.4 Å². The van der Waals surface area contributed by atoms with E-state index in [1.807, 2.05) is 6.92 Å². The summed E-state index contributed by atoms with van der Waals surface area (Å²) in [6.45, 7) is 2.65. The van der Waals surface area contributed by atoms with Crippen molar-refractivity contribution in [2.24, 2.45) is 5.73 Å². The van der Waals surface area contributed by atoms with Crippen molar-refractivity contribution in [3.05, 3.63) is 48.5 Å². The van der Waals surface area contributed by atoms with Crippen LogP contribution in [0.15, 0.2) is 48.5 Å². The summed E-state index contributed by atoms with van der Waals surface area (Å²) in [6.07, 6.45) is 0. The first kappa shape index (κ1) is 12.9. The van der Waals surface area contributed by atoms with E-state index in [0.717, 1.165) is 6.54 Å². The first-order valence-electron chi connectivity index (χ1n) is 4.52. The Hall–Kier alpha value is -1.05. The van der Waals surface area contributed by atoms with Crippen LogP contribution in [0.2, 0.25) is 0 Å². The highest BCUT2D eigenvalue weighted by molar-refractivity contribution is 5.85. The van der Waals surface area contributed by atoms with E-state index in [4.69, 9.17) is 5.73 Å². The van der Waals surface area contributed by atoms with Gasteiger partial charge in [-0.2, -0.15) is 0 Å². The van der Waals surface area contributed by atoms with E-state index in [1.165, 1.54) is 10.8 Å². The molecule has 0 atom stereocenters. The highest BCUT2D eigenvalue weighted by Gasteiger charge is 1.85. The molecule has 2 aromatic rings. The maximum absolute atomic E-state index is 4.85. The van der Waals surface area contributed by atoms with E-state index in [0.29, 0.717) is 0 Å². The average molecular weight is 210 g/mol. The fourth-order valence-electron chi connectivity index (χ4n) is 1.13. The van der Waals surface area contributed by atoms with Crippen molar-refractivity contribution in [3.63, 3.8) is 0 Å². The van der Waals surface area contributed by atoms with Gasteiger partial charge in [0.05, 0.1) is 0 Å². The maximum atomic E-state index is 4.85. The zero-order valence-electron chi connectivity index (χ0n) is 8.31. The molecular formula is C12H16ClN. The SMILES string of the molecule is CCN.Cl.c1ccc2ccccc2c1. The van der Waals surface area contributed by atoms with E-state index >= 15 is 0 Å². The van der Waals surface area contributed by atoms with E-state index in [2.05, 4.69) is 48.5 Å². The molecule has 0 aliphatic heterocycles. The molecule has 2 aromatic carbocycles. The standard InChI is InChI=1S/C10H8.C2H7N.ClH/c1-2-6-10-8-4-3-7-9(10)5-1;1-2-3;/h1-8H;2-3H2,1H3;1H. The molecule has 2 heteroatoms. The zero-order chi connectivity index (χ0) is 9.52. The molecule has 76 valence electrons. The number of hydrogen-bond donors (Lipinski definition) is 1. The third-order valence-corrected chi connectivity index (χ3v) is 1.66. The molecule has 0 aliphatic rings. The summed E-state index contributed by atoms with van der Waals surface area (Å²) in [7, 11) is 0. The van der Waals surface area contributed by atoms with E-state index in [9.17, 15) is 0 Å². The van der Waals surface area contributed by atoms with Gasteiger partial charge in [0.25, 0.3) is 0 Å². The van der Waals surface area contributed by atoms with Gasteiger partial charge in [-0.1, -0.05) is 55.5 Å². The Morgan fingerprint density at radius 1 is 0.857 bits per heavy atom. The van der Waals surface area contributed by atoms with Crippen molar-refractivity contribution >= 4 is 23.2 Å². The molecule has 1 nitrogen and oxygen atoms in total. The average Bonchev–Trinajstić information content (AvgIpc) is 2.19. The minimum atomic E-state index is 0. The third-order valence-electron chi connectivity index (χ3n) is 1.66. The van der Waals surface area contributed by atoms with Crippen LogP contribution in [0.25, 0.3) is 10.8 Å². The summed E-state index contributed by atoms with van der Waals surface area (Å²) < 4.78 is 0. The van der Waals surface area contributed by atoms with Crippen LogP contribution in [0, 0.1) is 0 Å². The molecule has 0 saturated carbocycles. The predicted octanol–water partition coefficient (Wildman–Crippen LogP) is 3.23. The summed E-state index contributed by atoms with van der Waals surface area (Å²) in [6, 6.07) is 16.7. The number of nitrogens with two attached hydrogens (primary N) is 1. The Kier molecular flexibility index (Phi) is 6.81. The van der Waals surface area contributed by atoms with Crippen molar-refractivity contribution in [3.8, 4) is 0 Å². The Bertz CT molecular complexity index is 295. The van der Waals surface area contributed by atoms with Crippen molar-refractivity contribution in [2.45, 2.75) is 6.92 Å². The number of benzene rings is 2. The maximum Gasteiger partial charge on any atom is -0.0106 e. The molecule has 0 heterocycles. The van der Waals surface area contributed by atoms with E-state index in [-0.39, 0.29) is 12.4 Å². The molecule has 2 rings (SSSR count). The fourth-order valence-corrected chi connectivity index (χ4v) is 1.13. The lowest BCUT2D eigenvalue weighted by molar-refractivity contribution is 1.14. The van der Waals surface area contributed by atoms with Gasteiger partial charge in [0.1, 0.15) is 0 Å². The van der Waals surface area contributed by atoms with Gasteiger partial charge in [0.2, 0.25) is 0 Å². The number of hydrogen-bond acceptors (Lipinski definition) is 1. The lowest BCUT2D eigenvalue weighted by atomic mass is 10.1. The minimum absolute atomic E-state index is 0. The van der Waals surface area contributed by atoms with Crippen LogP contribution >= 0.6 is 12.4 Å². The van der Waals surface area contributed by atoms with Crippen molar-refractivity contribution in [2.75, 3.05) is 6.54 Å². The lowest BCUT2D eigenvalue weighted by Gasteiger charge is -1.92. The van der Waals surface area contributed by atoms with Crippen molar-refractivity contribution in [1.29, 1.82) is 0 Å². The molecule has 0 aliphatic carbocycles. The summed E-state index contributed by atoms with van der Waals surface area (Å²) in [5.74, 6) is 0. The highest BCUT2D eigenvalue weighted by Crippen LogP contribution is 2.11. The second-order valence-corrected chi connectivity index (χ2v) is 2.76. The summed E-state index contributed by atoms with van der Waals surface area (Å²) in [4.78, 5) is 0. The largest absolute Gasteiger partial charge is 0.331 e. The van der Waals surface area contributed by atoms with Crippen LogP contribution in [-0.2, 0) is 0 Å². The van der Waals surface area contributed by atoms with E-state index < -0.39 is 0 Å². The van der Waals surface area contributed by atoms with Gasteiger partial charge < -0.3 is 5.73 Å². The van der Waals surface area contributed by atoms with Gasteiger partial charge in [-0.3, -0.25) is 0 Å². The first-order chi connectivity index (χ1) is 6.38. The molecule has 0 fully saturated rings. The molecule has 0 saturated heterocycles. The number of fused-ring (bicyclic) bond motifs is 1. The Labute approximate surface area is 91.3 Å². The van der Waals surface area contributed by atoms with Gasteiger partial charge in [0.15, 0.2) is 0 Å². The summed E-state index contributed by atoms with van der Waals surface area (Å²) in [5.41, 5.74) is 4.85. The minimum Gasteiger partial charge on any atom is -0.331 e. The predicted molar refractivity (Wildman–Crippen MR) is 65.9 cm³/mol. The summed E-state index contributed by atoms with van der Waals surface area (Å²) in [5, 5.41) is 2.62. The number of halogens is 1. The van der Waals surface area contributed by atoms with Crippen LogP contribution in [-0.4, -0.2) is 6.54 Å². The van der Waals surface area contributed by atoms with E-state index in [1.54, 1.807) is 0 Å². The Morgan fingerprint density at radius 2 is 1.07 bits per heavy atom. The van der Waals surface area contributed by atoms with Crippen molar-refractivity contribution in [1.82, 2.24) is 0 Å². The van der Waals surface area contributed by atoms with Gasteiger partial charge >= 0.3 is 0 Å². The molecule has 0 aromatic heterocycles. The zero-order valence-corrected chi connectivity index (χ0v) is 9.13. The molecule has 14 heavy (non-hydrogen) atoms. The molecule has 0 radical (unpaired) electrons. The number of rotatable bonds is 0. The van der Waals surface area contributed by atoms with Crippen LogP contribution in [0.3, 0.4) is 0 Å². The first-order valence-corrected chi connectivity index (χ1v) is 4.52. The smallest absolute Gasteiger partial charge is 0.0106 e. The Balaban J connectivity index is 0.000000381. The van der Waals surface area contributed by atoms with Gasteiger partial charge in [-0.25, -0.2) is 0 Å². The highest BCUT2D eigenvalue weighted by atomic mass is 35.5. The monoisotopic (exact) mass is 209 g/mol. The fraction of sp³-hybridized carbons (Fsp3) is 0.167. The molecule has 2 N–H and O–H groups in total. The van der Waals surface area contributed by atoms with Crippen LogP contribution in [0.1, 0.15) is 6.92 Å². The second-order valence-electron chi connectivity index (χ2n) is 2.76. The molecule has 0 bridgehead atoms. The van der Waals surface area contributed by atoms with Crippen LogP contribution < -0.4 is 5.73 Å². The lowest BCUT2D eigenvalue weighted by Crippen LogP contribution is -1.87. The molecule has 0 unspecified atom stereocenters. The Morgan fingerprint density at radius 3 is 1.29 bits per heavy atom. The summed E-state index contributed by atoms with van der Waals surface area (Å²) >= 11 is 0. The quantitative estimate of drug-likeness (QED) is 0.709. The molecular weight excluding hydrogens is 194 g/mol. The van der Waals surface area contributed by atoms with Gasteiger partial charge in [-0.05, 0) is 17.3 Å². The topological polar surface area (TPSA) is 26.0 Å². The second kappa shape index (κ2) is 7.36. The van der Waals surface area contributed by atoms with Crippen molar-refractivity contribution < 1.29 is 0 Å². The normalized spacial score (nSPS) is 8.43. The van der Waals surface area contributed by atoms with Crippen LogP contribution in [0.4, 0.5) is 0 Å². The third kappa shape index (κ3) is 3.77. The molecule has 0 amide bonds. The molecule has 0 spiro atoms. The van der Waals surface area contributed by atoms with Crippen LogP contribution in [0.5, 0.6) is 0 Å². The van der Waals surface area contributed by atoms with Gasteiger partial charge in [0, 0.05) is 0 Å².